The summed E-state index contributed by atoms with van der Waals surface area (Å²) in [7, 11) is 1.57. The number of hydrogen-bond donors (Lipinski definition) is 1. The van der Waals surface area contributed by atoms with E-state index in [-0.39, 0.29) is 5.91 Å². The van der Waals surface area contributed by atoms with Gasteiger partial charge in [0, 0.05) is 11.3 Å². The molecule has 0 aliphatic carbocycles. The highest BCUT2D eigenvalue weighted by Crippen LogP contribution is 2.25. The van der Waals surface area contributed by atoms with Gasteiger partial charge in [-0.05, 0) is 48.0 Å². The first-order valence-electron chi connectivity index (χ1n) is 4.69. The molecule has 0 heterocycles. The number of hydrogen-bond acceptors (Lipinski definition) is 3. The molecule has 4 nitrogen and oxygen atoms in total. The van der Waals surface area contributed by atoms with E-state index in [1.807, 2.05) is 13.8 Å². The van der Waals surface area contributed by atoms with Crippen molar-refractivity contribution in [3.8, 4) is 5.75 Å². The number of hydrazone groups is 1. The number of ether oxygens (including phenoxy) is 1. The van der Waals surface area contributed by atoms with Gasteiger partial charge in [-0.25, -0.2) is 5.43 Å². The molecule has 0 fully saturated rings. The van der Waals surface area contributed by atoms with Gasteiger partial charge in [0.1, 0.15) is 5.75 Å². The first kappa shape index (κ1) is 12.7. The van der Waals surface area contributed by atoms with Gasteiger partial charge in [-0.15, -0.1) is 0 Å². The van der Waals surface area contributed by atoms with E-state index in [4.69, 9.17) is 4.74 Å². The highest BCUT2D eigenvalue weighted by molar-refractivity contribution is 9.10. The van der Waals surface area contributed by atoms with Crippen LogP contribution in [0.3, 0.4) is 0 Å². The Balaban J connectivity index is 2.85. The minimum absolute atomic E-state index is 0.246. The quantitative estimate of drug-likeness (QED) is 0.685. The van der Waals surface area contributed by atoms with Gasteiger partial charge in [0.25, 0.3) is 5.91 Å². The van der Waals surface area contributed by atoms with E-state index in [9.17, 15) is 4.79 Å². The molecule has 16 heavy (non-hydrogen) atoms. The third-order valence-corrected chi connectivity index (χ3v) is 2.41. The van der Waals surface area contributed by atoms with Crippen LogP contribution in [0.5, 0.6) is 5.75 Å². The Labute approximate surface area is 103 Å². The van der Waals surface area contributed by atoms with E-state index in [2.05, 4.69) is 26.5 Å². The van der Waals surface area contributed by atoms with Crippen LogP contribution in [0.1, 0.15) is 24.2 Å². The van der Waals surface area contributed by atoms with E-state index >= 15 is 0 Å². The van der Waals surface area contributed by atoms with E-state index in [1.54, 1.807) is 25.3 Å². The molecular formula is C11H13BrN2O2. The Morgan fingerprint density at radius 2 is 2.12 bits per heavy atom. The summed E-state index contributed by atoms with van der Waals surface area (Å²) >= 11 is 3.31. The number of rotatable bonds is 3. The van der Waals surface area contributed by atoms with E-state index in [0.717, 1.165) is 10.2 Å². The minimum atomic E-state index is -0.246. The Hall–Kier alpha value is -1.36. The number of carbonyl (C=O) groups excluding carboxylic acids is 1. The van der Waals surface area contributed by atoms with Gasteiger partial charge in [0.05, 0.1) is 11.6 Å². The molecule has 0 spiro atoms. The topological polar surface area (TPSA) is 50.7 Å². The van der Waals surface area contributed by atoms with Crippen molar-refractivity contribution in [2.75, 3.05) is 7.11 Å². The molecule has 0 aliphatic heterocycles. The fourth-order valence-corrected chi connectivity index (χ4v) is 1.58. The average molecular weight is 285 g/mol. The molecule has 1 aromatic rings. The molecule has 1 N–H and O–H groups in total. The molecule has 5 heteroatoms. The summed E-state index contributed by atoms with van der Waals surface area (Å²) in [6, 6.07) is 5.09. The number of halogens is 1. The van der Waals surface area contributed by atoms with Crippen LogP contribution in [0.2, 0.25) is 0 Å². The summed E-state index contributed by atoms with van der Waals surface area (Å²) < 4.78 is 5.81. The van der Waals surface area contributed by atoms with E-state index < -0.39 is 0 Å². The van der Waals surface area contributed by atoms with Gasteiger partial charge in [-0.2, -0.15) is 5.10 Å². The predicted molar refractivity (Wildman–Crippen MR) is 66.9 cm³/mol. The van der Waals surface area contributed by atoms with Crippen LogP contribution in [0.25, 0.3) is 0 Å². The Morgan fingerprint density at radius 1 is 1.44 bits per heavy atom. The Morgan fingerprint density at radius 3 is 2.62 bits per heavy atom. The molecule has 1 amide bonds. The zero-order valence-corrected chi connectivity index (χ0v) is 11.0. The van der Waals surface area contributed by atoms with Gasteiger partial charge in [0.2, 0.25) is 0 Å². The van der Waals surface area contributed by atoms with Gasteiger partial charge in [-0.3, -0.25) is 4.79 Å². The molecular weight excluding hydrogens is 272 g/mol. The van der Waals surface area contributed by atoms with Crippen LogP contribution >= 0.6 is 15.9 Å². The molecule has 0 aliphatic rings. The zero-order chi connectivity index (χ0) is 12.1. The second kappa shape index (κ2) is 5.65. The van der Waals surface area contributed by atoms with Crippen molar-refractivity contribution in [2.24, 2.45) is 5.10 Å². The van der Waals surface area contributed by atoms with Crippen molar-refractivity contribution in [1.82, 2.24) is 5.43 Å². The highest BCUT2D eigenvalue weighted by atomic mass is 79.9. The molecule has 0 aromatic heterocycles. The Kier molecular flexibility index (Phi) is 4.49. The van der Waals surface area contributed by atoms with Crippen LogP contribution < -0.4 is 10.2 Å². The van der Waals surface area contributed by atoms with Crippen LogP contribution in [-0.2, 0) is 0 Å². The lowest BCUT2D eigenvalue weighted by Crippen LogP contribution is -2.18. The Bertz CT molecular complexity index is 426. The summed E-state index contributed by atoms with van der Waals surface area (Å²) in [6.45, 7) is 3.62. The molecule has 0 saturated carbocycles. The molecule has 1 aromatic carbocycles. The summed E-state index contributed by atoms with van der Waals surface area (Å²) in [5.41, 5.74) is 3.77. The zero-order valence-electron chi connectivity index (χ0n) is 9.37. The fraction of sp³-hybridized carbons (Fsp3) is 0.273. The van der Waals surface area contributed by atoms with Gasteiger partial charge >= 0.3 is 0 Å². The third kappa shape index (κ3) is 3.34. The molecule has 86 valence electrons. The van der Waals surface area contributed by atoms with Crippen LogP contribution in [0.15, 0.2) is 27.8 Å². The normalized spacial score (nSPS) is 9.50. The number of nitrogens with zero attached hydrogens (tertiary/aromatic N) is 1. The van der Waals surface area contributed by atoms with Crippen LogP contribution in [0.4, 0.5) is 0 Å². The standard InChI is InChI=1S/C11H13BrN2O2/c1-7(2)13-14-11(15)8-4-5-10(16-3)9(12)6-8/h4-6H,1-3H3,(H,14,15). The largest absolute Gasteiger partial charge is 0.496 e. The van der Waals surface area contributed by atoms with Crippen molar-refractivity contribution in [3.63, 3.8) is 0 Å². The smallest absolute Gasteiger partial charge is 0.271 e. The monoisotopic (exact) mass is 284 g/mol. The average Bonchev–Trinajstić information content (AvgIpc) is 2.25. The van der Waals surface area contributed by atoms with Crippen molar-refractivity contribution in [3.05, 3.63) is 28.2 Å². The van der Waals surface area contributed by atoms with Crippen molar-refractivity contribution in [1.29, 1.82) is 0 Å². The first-order chi connectivity index (χ1) is 7.54. The molecule has 0 radical (unpaired) electrons. The number of methoxy groups -OCH3 is 1. The number of benzene rings is 1. The lowest BCUT2D eigenvalue weighted by molar-refractivity contribution is 0.0954. The van der Waals surface area contributed by atoms with Crippen LogP contribution in [-0.4, -0.2) is 18.7 Å². The SMILES string of the molecule is COc1ccc(C(=O)NN=C(C)C)cc1Br. The van der Waals surface area contributed by atoms with Gasteiger partial charge in [0.15, 0.2) is 0 Å². The highest BCUT2D eigenvalue weighted by Gasteiger charge is 2.07. The maximum Gasteiger partial charge on any atom is 0.271 e. The van der Waals surface area contributed by atoms with E-state index in [0.29, 0.717) is 11.3 Å². The summed E-state index contributed by atoms with van der Waals surface area (Å²) in [5.74, 6) is 0.441. The second-order valence-electron chi connectivity index (χ2n) is 3.35. The lowest BCUT2D eigenvalue weighted by atomic mass is 10.2. The van der Waals surface area contributed by atoms with Crippen molar-refractivity contribution >= 4 is 27.5 Å². The summed E-state index contributed by atoms with van der Waals surface area (Å²) in [5, 5.41) is 3.84. The maximum atomic E-state index is 11.6. The first-order valence-corrected chi connectivity index (χ1v) is 5.48. The molecule has 0 saturated heterocycles. The number of carbonyl (C=O) groups is 1. The van der Waals surface area contributed by atoms with Gasteiger partial charge < -0.3 is 4.74 Å². The van der Waals surface area contributed by atoms with Crippen LogP contribution in [0, 0.1) is 0 Å². The molecule has 0 atom stereocenters. The molecule has 1 rings (SSSR count). The maximum absolute atomic E-state index is 11.6. The summed E-state index contributed by atoms with van der Waals surface area (Å²) in [4.78, 5) is 11.6. The second-order valence-corrected chi connectivity index (χ2v) is 4.20. The lowest BCUT2D eigenvalue weighted by Gasteiger charge is -2.05. The minimum Gasteiger partial charge on any atom is -0.496 e. The third-order valence-electron chi connectivity index (χ3n) is 1.80. The van der Waals surface area contributed by atoms with E-state index in [1.165, 1.54) is 0 Å². The van der Waals surface area contributed by atoms with Crippen molar-refractivity contribution < 1.29 is 9.53 Å². The molecule has 0 bridgehead atoms. The number of amides is 1. The fourth-order valence-electron chi connectivity index (χ4n) is 1.03. The summed E-state index contributed by atoms with van der Waals surface area (Å²) in [6.07, 6.45) is 0. The number of nitrogens with one attached hydrogen (secondary N) is 1. The van der Waals surface area contributed by atoms with Crippen molar-refractivity contribution in [2.45, 2.75) is 13.8 Å². The van der Waals surface area contributed by atoms with Gasteiger partial charge in [-0.1, -0.05) is 0 Å². The predicted octanol–water partition coefficient (Wildman–Crippen LogP) is 2.58. The molecule has 0 unspecified atom stereocenters.